The minimum atomic E-state index is -0.658. The molecule has 0 amide bonds. The highest BCUT2D eigenvalue weighted by Gasteiger charge is 2.22. The summed E-state index contributed by atoms with van der Waals surface area (Å²) in [7, 11) is 1.28. The zero-order chi connectivity index (χ0) is 17.1. The second kappa shape index (κ2) is 7.03. The molecule has 3 rings (SSSR count). The van der Waals surface area contributed by atoms with Crippen molar-refractivity contribution in [3.8, 4) is 0 Å². The van der Waals surface area contributed by atoms with Crippen LogP contribution in [0.5, 0.6) is 0 Å². The van der Waals surface area contributed by atoms with Gasteiger partial charge < -0.3 is 10.1 Å². The molecule has 0 aromatic carbocycles. The van der Waals surface area contributed by atoms with Crippen molar-refractivity contribution in [2.24, 2.45) is 5.92 Å². The Morgan fingerprint density at radius 2 is 2.12 bits per heavy atom. The SMILES string of the molecule is COC(=O)c1c(NCC2CCCCC2)nc2c(C)cccn2c1=O. The lowest BCUT2D eigenvalue weighted by atomic mass is 9.89. The third-order valence-electron chi connectivity index (χ3n) is 4.72. The second-order valence-electron chi connectivity index (χ2n) is 6.40. The first-order valence-electron chi connectivity index (χ1n) is 8.46. The number of hydrogen-bond acceptors (Lipinski definition) is 5. The highest BCUT2D eigenvalue weighted by molar-refractivity contribution is 5.94. The number of fused-ring (bicyclic) bond motifs is 1. The summed E-state index contributed by atoms with van der Waals surface area (Å²) in [5.41, 5.74) is 1.01. The standard InChI is InChI=1S/C18H23N3O3/c1-12-7-6-10-21-16(12)20-15(14(17(21)22)18(23)24-2)19-11-13-8-4-3-5-9-13/h6-7,10,13,19H,3-5,8-9,11H2,1-2H3. The Morgan fingerprint density at radius 3 is 2.83 bits per heavy atom. The van der Waals surface area contributed by atoms with Crippen molar-refractivity contribution in [3.63, 3.8) is 0 Å². The zero-order valence-electron chi connectivity index (χ0n) is 14.2. The maximum atomic E-state index is 12.7. The molecule has 24 heavy (non-hydrogen) atoms. The molecule has 0 bridgehead atoms. The van der Waals surface area contributed by atoms with Crippen LogP contribution in [0.15, 0.2) is 23.1 Å². The number of aryl methyl sites for hydroxylation is 1. The van der Waals surface area contributed by atoms with E-state index >= 15 is 0 Å². The zero-order valence-corrected chi connectivity index (χ0v) is 14.2. The van der Waals surface area contributed by atoms with Crippen LogP contribution in [-0.2, 0) is 4.74 Å². The first kappa shape index (κ1) is 16.5. The fourth-order valence-corrected chi connectivity index (χ4v) is 3.34. The molecule has 1 aliphatic rings. The maximum Gasteiger partial charge on any atom is 0.347 e. The summed E-state index contributed by atoms with van der Waals surface area (Å²) in [6.07, 6.45) is 7.73. The summed E-state index contributed by atoms with van der Waals surface area (Å²) < 4.78 is 6.19. The number of carbonyl (C=O) groups is 1. The molecule has 2 aromatic rings. The second-order valence-corrected chi connectivity index (χ2v) is 6.40. The van der Waals surface area contributed by atoms with Gasteiger partial charge in [0.1, 0.15) is 11.5 Å². The number of esters is 1. The van der Waals surface area contributed by atoms with Gasteiger partial charge in [0, 0.05) is 12.7 Å². The first-order valence-corrected chi connectivity index (χ1v) is 8.46. The first-order chi connectivity index (χ1) is 11.6. The smallest absolute Gasteiger partial charge is 0.347 e. The van der Waals surface area contributed by atoms with E-state index in [9.17, 15) is 9.59 Å². The van der Waals surface area contributed by atoms with E-state index in [4.69, 9.17) is 4.74 Å². The third kappa shape index (κ3) is 3.13. The molecule has 0 unspecified atom stereocenters. The Morgan fingerprint density at radius 1 is 1.38 bits per heavy atom. The van der Waals surface area contributed by atoms with Gasteiger partial charge in [-0.25, -0.2) is 9.78 Å². The molecule has 0 saturated heterocycles. The Bertz CT molecular complexity index is 807. The maximum absolute atomic E-state index is 12.7. The summed E-state index contributed by atoms with van der Waals surface area (Å²) in [4.78, 5) is 29.4. The average molecular weight is 329 g/mol. The fourth-order valence-electron chi connectivity index (χ4n) is 3.34. The van der Waals surface area contributed by atoms with Crippen LogP contribution in [0.4, 0.5) is 5.82 Å². The van der Waals surface area contributed by atoms with Gasteiger partial charge >= 0.3 is 5.97 Å². The van der Waals surface area contributed by atoms with E-state index in [1.165, 1.54) is 43.6 Å². The molecular weight excluding hydrogens is 306 g/mol. The molecule has 0 spiro atoms. The molecule has 6 nitrogen and oxygen atoms in total. The largest absolute Gasteiger partial charge is 0.465 e. The van der Waals surface area contributed by atoms with Gasteiger partial charge in [0.05, 0.1) is 7.11 Å². The van der Waals surface area contributed by atoms with Gasteiger partial charge in [0.25, 0.3) is 5.56 Å². The van der Waals surface area contributed by atoms with E-state index in [1.54, 1.807) is 12.3 Å². The normalized spacial score (nSPS) is 15.4. The van der Waals surface area contributed by atoms with Crippen molar-refractivity contribution in [2.75, 3.05) is 19.0 Å². The molecule has 2 heterocycles. The minimum Gasteiger partial charge on any atom is -0.465 e. The number of anilines is 1. The van der Waals surface area contributed by atoms with E-state index in [-0.39, 0.29) is 5.56 Å². The Hall–Kier alpha value is -2.37. The lowest BCUT2D eigenvalue weighted by Gasteiger charge is -2.22. The number of methoxy groups -OCH3 is 1. The number of rotatable bonds is 4. The highest BCUT2D eigenvalue weighted by Crippen LogP contribution is 2.24. The minimum absolute atomic E-state index is 0.0311. The number of carbonyl (C=O) groups excluding carboxylic acids is 1. The lowest BCUT2D eigenvalue weighted by molar-refractivity contribution is 0.0599. The van der Waals surface area contributed by atoms with Crippen LogP contribution in [0.3, 0.4) is 0 Å². The summed E-state index contributed by atoms with van der Waals surface area (Å²) in [6.45, 7) is 2.61. The molecule has 128 valence electrons. The van der Waals surface area contributed by atoms with Crippen molar-refractivity contribution in [3.05, 3.63) is 39.8 Å². The molecular formula is C18H23N3O3. The lowest BCUT2D eigenvalue weighted by Crippen LogP contribution is -2.28. The Balaban J connectivity index is 2.01. The summed E-state index contributed by atoms with van der Waals surface area (Å²) >= 11 is 0. The van der Waals surface area contributed by atoms with Crippen molar-refractivity contribution in [2.45, 2.75) is 39.0 Å². The van der Waals surface area contributed by atoms with E-state index in [1.807, 2.05) is 13.0 Å². The van der Waals surface area contributed by atoms with Gasteiger partial charge in [-0.1, -0.05) is 25.3 Å². The van der Waals surface area contributed by atoms with E-state index in [2.05, 4.69) is 10.3 Å². The van der Waals surface area contributed by atoms with Gasteiger partial charge in [0.15, 0.2) is 5.56 Å². The number of nitrogens with one attached hydrogen (secondary N) is 1. The molecule has 0 aliphatic heterocycles. The van der Waals surface area contributed by atoms with Crippen molar-refractivity contribution >= 4 is 17.4 Å². The number of pyridine rings is 1. The van der Waals surface area contributed by atoms with Crippen LogP contribution in [-0.4, -0.2) is 29.0 Å². The number of aromatic nitrogens is 2. The Kier molecular flexibility index (Phi) is 4.83. The summed E-state index contributed by atoms with van der Waals surface area (Å²) in [5.74, 6) is 0.225. The van der Waals surface area contributed by atoms with Crippen LogP contribution in [0.1, 0.15) is 48.0 Å². The van der Waals surface area contributed by atoms with Crippen LogP contribution >= 0.6 is 0 Å². The van der Waals surface area contributed by atoms with Crippen molar-refractivity contribution < 1.29 is 9.53 Å². The van der Waals surface area contributed by atoms with Crippen LogP contribution in [0.2, 0.25) is 0 Å². The predicted octanol–water partition coefficient (Wildman–Crippen LogP) is 2.78. The van der Waals surface area contributed by atoms with Gasteiger partial charge in [-0.2, -0.15) is 0 Å². The van der Waals surface area contributed by atoms with Gasteiger partial charge in [-0.15, -0.1) is 0 Å². The van der Waals surface area contributed by atoms with Gasteiger partial charge in [-0.05, 0) is 37.3 Å². The monoisotopic (exact) mass is 329 g/mol. The quantitative estimate of drug-likeness (QED) is 0.873. The molecule has 1 saturated carbocycles. The molecule has 6 heteroatoms. The summed E-state index contributed by atoms with van der Waals surface area (Å²) in [6, 6.07) is 3.66. The molecule has 2 aromatic heterocycles. The molecule has 1 fully saturated rings. The van der Waals surface area contributed by atoms with Crippen LogP contribution in [0, 0.1) is 12.8 Å². The van der Waals surface area contributed by atoms with Crippen LogP contribution in [0.25, 0.3) is 5.65 Å². The fraction of sp³-hybridized carbons (Fsp3) is 0.500. The topological polar surface area (TPSA) is 72.7 Å². The molecule has 1 aliphatic carbocycles. The van der Waals surface area contributed by atoms with Gasteiger partial charge in [0.2, 0.25) is 0 Å². The van der Waals surface area contributed by atoms with E-state index in [0.717, 1.165) is 12.1 Å². The highest BCUT2D eigenvalue weighted by atomic mass is 16.5. The molecule has 0 atom stereocenters. The van der Waals surface area contributed by atoms with Gasteiger partial charge in [-0.3, -0.25) is 9.20 Å². The van der Waals surface area contributed by atoms with Crippen LogP contribution < -0.4 is 10.9 Å². The van der Waals surface area contributed by atoms with Crippen molar-refractivity contribution in [1.29, 1.82) is 0 Å². The third-order valence-corrected chi connectivity index (χ3v) is 4.72. The van der Waals surface area contributed by atoms with Crippen molar-refractivity contribution in [1.82, 2.24) is 9.38 Å². The average Bonchev–Trinajstić information content (AvgIpc) is 2.61. The summed E-state index contributed by atoms with van der Waals surface area (Å²) in [5, 5.41) is 3.23. The molecule has 1 N–H and O–H groups in total. The number of ether oxygens (including phenoxy) is 1. The number of hydrogen-bond donors (Lipinski definition) is 1. The predicted molar refractivity (Wildman–Crippen MR) is 92.6 cm³/mol. The van der Waals surface area contributed by atoms with E-state index < -0.39 is 11.5 Å². The van der Waals surface area contributed by atoms with E-state index in [0.29, 0.717) is 17.4 Å². The number of nitrogens with zero attached hydrogens (tertiary/aromatic N) is 2. The molecule has 0 radical (unpaired) electrons. The Labute approximate surface area is 140 Å².